The number of fused-ring (bicyclic) bond motifs is 1. The highest BCUT2D eigenvalue weighted by Gasteiger charge is 2.51. The molecule has 0 aliphatic carbocycles. The van der Waals surface area contributed by atoms with Crippen molar-refractivity contribution in [2.45, 2.75) is 26.0 Å². The Morgan fingerprint density at radius 3 is 2.42 bits per heavy atom. The molecule has 0 saturated heterocycles. The van der Waals surface area contributed by atoms with Gasteiger partial charge in [-0.2, -0.15) is 0 Å². The molecule has 1 N–H and O–H groups in total. The summed E-state index contributed by atoms with van der Waals surface area (Å²) in [6.45, 7) is 4.56. The molecular weight excluding hydrogens is 416 g/mol. The van der Waals surface area contributed by atoms with Crippen LogP contribution in [0.5, 0.6) is 5.75 Å². The highest BCUT2D eigenvalue weighted by atomic mass is 16.5. The van der Waals surface area contributed by atoms with Crippen LogP contribution in [0.25, 0.3) is 11.5 Å². The van der Waals surface area contributed by atoms with Crippen LogP contribution >= 0.6 is 0 Å². The molecule has 0 bridgehead atoms. The van der Waals surface area contributed by atoms with E-state index < -0.39 is 11.5 Å². The Kier molecular flexibility index (Phi) is 5.23. The number of hydrogen-bond donors (Lipinski definition) is 1. The fourth-order valence-corrected chi connectivity index (χ4v) is 4.26. The number of rotatable bonds is 6. The summed E-state index contributed by atoms with van der Waals surface area (Å²) in [5, 5.41) is 11.6. The Balaban J connectivity index is 1.48. The van der Waals surface area contributed by atoms with E-state index >= 15 is 0 Å². The van der Waals surface area contributed by atoms with Gasteiger partial charge in [0.05, 0.1) is 18.8 Å². The SMILES string of the molecule is CCOc1ccc(-c2nc(CN3C(=O)C(O)(c4ccccc4)c4ccccc43)c(C)o2)cc1. The minimum atomic E-state index is -1.74. The molecule has 1 atom stereocenters. The van der Waals surface area contributed by atoms with E-state index in [9.17, 15) is 9.90 Å². The number of benzene rings is 3. The first kappa shape index (κ1) is 21.0. The zero-order valence-corrected chi connectivity index (χ0v) is 18.5. The summed E-state index contributed by atoms with van der Waals surface area (Å²) >= 11 is 0. The predicted octanol–water partition coefficient (Wildman–Crippen LogP) is 4.83. The number of hydrogen-bond acceptors (Lipinski definition) is 5. The molecule has 6 heteroatoms. The summed E-state index contributed by atoms with van der Waals surface area (Å²) in [6.07, 6.45) is 0. The summed E-state index contributed by atoms with van der Waals surface area (Å²) < 4.78 is 11.4. The van der Waals surface area contributed by atoms with Gasteiger partial charge < -0.3 is 19.2 Å². The van der Waals surface area contributed by atoms with Gasteiger partial charge in [0.15, 0.2) is 5.60 Å². The second-order valence-electron chi connectivity index (χ2n) is 7.96. The van der Waals surface area contributed by atoms with Gasteiger partial charge in [0.2, 0.25) is 5.89 Å². The van der Waals surface area contributed by atoms with Crippen LogP contribution in [0.3, 0.4) is 0 Å². The van der Waals surface area contributed by atoms with E-state index in [-0.39, 0.29) is 6.54 Å². The van der Waals surface area contributed by atoms with Crippen molar-refractivity contribution < 1.29 is 19.1 Å². The minimum Gasteiger partial charge on any atom is -0.494 e. The molecule has 0 spiro atoms. The molecule has 1 aromatic heterocycles. The average molecular weight is 440 g/mol. The molecular formula is C27H24N2O4. The standard InChI is InChI=1S/C27H24N2O4/c1-3-32-21-15-13-19(14-16-21)25-28-23(18(2)33-25)17-29-24-12-8-7-11-22(24)27(31,26(29)30)20-9-5-4-6-10-20/h4-16,31H,3,17H2,1-2H3. The van der Waals surface area contributed by atoms with Crippen molar-refractivity contribution in [2.24, 2.45) is 0 Å². The van der Waals surface area contributed by atoms with Gasteiger partial charge in [0, 0.05) is 11.1 Å². The lowest BCUT2D eigenvalue weighted by Gasteiger charge is -2.23. The molecule has 1 aliphatic heterocycles. The molecule has 2 heterocycles. The van der Waals surface area contributed by atoms with Gasteiger partial charge in [-0.25, -0.2) is 4.98 Å². The van der Waals surface area contributed by atoms with Crippen LogP contribution in [0.1, 0.15) is 29.5 Å². The van der Waals surface area contributed by atoms with Crippen molar-refractivity contribution in [3.63, 3.8) is 0 Å². The summed E-state index contributed by atoms with van der Waals surface area (Å²) in [5.74, 6) is 1.48. The van der Waals surface area contributed by atoms with Crippen molar-refractivity contribution in [1.29, 1.82) is 0 Å². The number of aryl methyl sites for hydroxylation is 1. The number of nitrogens with zero attached hydrogens (tertiary/aromatic N) is 2. The molecule has 4 aromatic rings. The van der Waals surface area contributed by atoms with Gasteiger partial charge in [-0.15, -0.1) is 0 Å². The normalized spacial score (nSPS) is 17.3. The quantitative estimate of drug-likeness (QED) is 0.465. The Hall–Kier alpha value is -3.90. The number of ether oxygens (including phenoxy) is 1. The van der Waals surface area contributed by atoms with E-state index in [4.69, 9.17) is 9.15 Å². The molecule has 0 saturated carbocycles. The lowest BCUT2D eigenvalue weighted by atomic mass is 9.88. The molecule has 166 valence electrons. The smallest absolute Gasteiger partial charge is 0.268 e. The van der Waals surface area contributed by atoms with Gasteiger partial charge in [0.25, 0.3) is 5.91 Å². The van der Waals surface area contributed by atoms with Gasteiger partial charge in [0.1, 0.15) is 17.2 Å². The largest absolute Gasteiger partial charge is 0.494 e. The highest BCUT2D eigenvalue weighted by molar-refractivity contribution is 6.09. The molecule has 5 rings (SSSR count). The first-order chi connectivity index (χ1) is 16.0. The predicted molar refractivity (Wildman–Crippen MR) is 125 cm³/mol. The topological polar surface area (TPSA) is 75.8 Å². The molecule has 0 fully saturated rings. The Morgan fingerprint density at radius 2 is 1.70 bits per heavy atom. The fraction of sp³-hybridized carbons (Fsp3) is 0.185. The summed E-state index contributed by atoms with van der Waals surface area (Å²) in [5.41, 5.74) is 1.49. The van der Waals surface area contributed by atoms with Crippen molar-refractivity contribution in [3.8, 4) is 17.2 Å². The third-order valence-electron chi connectivity index (χ3n) is 5.94. The van der Waals surface area contributed by atoms with Gasteiger partial charge in [-0.1, -0.05) is 48.5 Å². The zero-order valence-electron chi connectivity index (χ0n) is 18.5. The van der Waals surface area contributed by atoms with Gasteiger partial charge >= 0.3 is 0 Å². The van der Waals surface area contributed by atoms with Crippen molar-refractivity contribution in [1.82, 2.24) is 4.98 Å². The summed E-state index contributed by atoms with van der Waals surface area (Å²) in [4.78, 5) is 19.8. The van der Waals surface area contributed by atoms with E-state index in [1.165, 1.54) is 0 Å². The second kappa shape index (κ2) is 8.22. The molecule has 33 heavy (non-hydrogen) atoms. The number of carbonyl (C=O) groups excluding carboxylic acids is 1. The van der Waals surface area contributed by atoms with Crippen LogP contribution in [0.15, 0.2) is 83.3 Å². The fourth-order valence-electron chi connectivity index (χ4n) is 4.26. The van der Waals surface area contributed by atoms with Crippen LogP contribution < -0.4 is 9.64 Å². The number of amides is 1. The summed E-state index contributed by atoms with van der Waals surface area (Å²) in [7, 11) is 0. The van der Waals surface area contributed by atoms with E-state index in [1.807, 2.05) is 74.5 Å². The third kappa shape index (κ3) is 3.49. The first-order valence-electron chi connectivity index (χ1n) is 10.9. The average Bonchev–Trinajstić information content (AvgIpc) is 3.32. The Morgan fingerprint density at radius 1 is 1.00 bits per heavy atom. The van der Waals surface area contributed by atoms with E-state index in [2.05, 4.69) is 4.98 Å². The van der Waals surface area contributed by atoms with Gasteiger partial charge in [-0.3, -0.25) is 4.79 Å². The maximum absolute atomic E-state index is 13.6. The number of para-hydroxylation sites is 1. The summed E-state index contributed by atoms with van der Waals surface area (Å²) in [6, 6.07) is 23.9. The van der Waals surface area contributed by atoms with Crippen molar-refractivity contribution in [3.05, 3.63) is 101 Å². The zero-order chi connectivity index (χ0) is 23.0. The van der Waals surface area contributed by atoms with Gasteiger partial charge in [-0.05, 0) is 49.7 Å². The molecule has 0 radical (unpaired) electrons. The van der Waals surface area contributed by atoms with E-state index in [0.717, 1.165) is 11.3 Å². The Bertz CT molecular complexity index is 1300. The lowest BCUT2D eigenvalue weighted by Crippen LogP contribution is -2.41. The number of anilines is 1. The molecule has 1 unspecified atom stereocenters. The molecule has 1 amide bonds. The maximum Gasteiger partial charge on any atom is 0.268 e. The van der Waals surface area contributed by atoms with E-state index in [1.54, 1.807) is 23.1 Å². The maximum atomic E-state index is 13.6. The number of aromatic nitrogens is 1. The van der Waals surface area contributed by atoms with Crippen molar-refractivity contribution >= 4 is 11.6 Å². The minimum absolute atomic E-state index is 0.192. The molecule has 6 nitrogen and oxygen atoms in total. The van der Waals surface area contributed by atoms with Crippen LogP contribution in [0.4, 0.5) is 5.69 Å². The Labute approximate surface area is 192 Å². The second-order valence-corrected chi connectivity index (χ2v) is 7.96. The van der Waals surface area contributed by atoms with E-state index in [0.29, 0.717) is 40.8 Å². The lowest BCUT2D eigenvalue weighted by molar-refractivity contribution is -0.132. The number of carbonyl (C=O) groups is 1. The third-order valence-corrected chi connectivity index (χ3v) is 5.94. The van der Waals surface area contributed by atoms with Crippen LogP contribution in [0, 0.1) is 6.92 Å². The monoisotopic (exact) mass is 440 g/mol. The van der Waals surface area contributed by atoms with Crippen LogP contribution in [-0.4, -0.2) is 22.6 Å². The van der Waals surface area contributed by atoms with Crippen molar-refractivity contribution in [2.75, 3.05) is 11.5 Å². The van der Waals surface area contributed by atoms with Crippen LogP contribution in [-0.2, 0) is 16.9 Å². The number of oxazole rings is 1. The molecule has 3 aromatic carbocycles. The number of aliphatic hydroxyl groups is 1. The van der Waals surface area contributed by atoms with Crippen LogP contribution in [0.2, 0.25) is 0 Å². The highest BCUT2D eigenvalue weighted by Crippen LogP contribution is 2.45. The molecule has 1 aliphatic rings. The first-order valence-corrected chi connectivity index (χ1v) is 10.9.